The summed E-state index contributed by atoms with van der Waals surface area (Å²) < 4.78 is 11.9. The molecular formula is C14H22BNO3. The Balaban J connectivity index is 2.38. The van der Waals surface area contributed by atoms with Crippen molar-refractivity contribution in [1.29, 1.82) is 0 Å². The van der Waals surface area contributed by atoms with Crippen LogP contribution >= 0.6 is 0 Å². The average molecular weight is 263 g/mol. The normalized spacial score (nSPS) is 20.6. The lowest BCUT2D eigenvalue weighted by atomic mass is 9.78. The highest BCUT2D eigenvalue weighted by Gasteiger charge is 2.52. The first-order chi connectivity index (χ1) is 8.66. The van der Waals surface area contributed by atoms with E-state index < -0.39 is 18.3 Å². The van der Waals surface area contributed by atoms with Crippen molar-refractivity contribution in [2.24, 2.45) is 0 Å². The van der Waals surface area contributed by atoms with Crippen LogP contribution < -0.4 is 10.4 Å². The van der Waals surface area contributed by atoms with Crippen LogP contribution in [-0.2, 0) is 9.31 Å². The highest BCUT2D eigenvalue weighted by Crippen LogP contribution is 2.37. The molecule has 0 spiro atoms. The number of nitrogens with zero attached hydrogens (tertiary/aromatic N) is 1. The minimum atomic E-state index is -0.537. The zero-order valence-electron chi connectivity index (χ0n) is 12.5. The van der Waals surface area contributed by atoms with E-state index in [1.54, 1.807) is 0 Å². The van der Waals surface area contributed by atoms with Gasteiger partial charge in [0.2, 0.25) is 0 Å². The van der Waals surface area contributed by atoms with Crippen LogP contribution in [0.1, 0.15) is 27.7 Å². The van der Waals surface area contributed by atoms with Gasteiger partial charge in [-0.1, -0.05) is 12.1 Å². The van der Waals surface area contributed by atoms with Gasteiger partial charge in [-0.05, 0) is 33.8 Å². The third-order valence-electron chi connectivity index (χ3n) is 4.03. The van der Waals surface area contributed by atoms with Crippen LogP contribution in [0.15, 0.2) is 18.2 Å². The number of anilines is 1. The predicted octanol–water partition coefficient (Wildman–Crippen LogP) is 1.76. The Morgan fingerprint density at radius 3 is 2.05 bits per heavy atom. The predicted molar refractivity (Wildman–Crippen MR) is 78.1 cm³/mol. The molecule has 1 N–H and O–H groups in total. The summed E-state index contributed by atoms with van der Waals surface area (Å²) in [4.78, 5) is 1.87. The van der Waals surface area contributed by atoms with E-state index in [0.717, 1.165) is 5.69 Å². The molecule has 0 unspecified atom stereocenters. The first-order valence-electron chi connectivity index (χ1n) is 6.50. The smallest absolute Gasteiger partial charge is 0.498 e. The first-order valence-corrected chi connectivity index (χ1v) is 6.50. The number of benzene rings is 1. The first kappa shape index (κ1) is 14.2. The van der Waals surface area contributed by atoms with Crippen molar-refractivity contribution in [1.82, 2.24) is 0 Å². The molecule has 1 aromatic carbocycles. The molecule has 1 aliphatic heterocycles. The highest BCUT2D eigenvalue weighted by molar-refractivity contribution is 6.63. The largest absolute Gasteiger partial charge is 0.506 e. The molecule has 1 saturated heterocycles. The molecule has 4 nitrogen and oxygen atoms in total. The number of hydrogen-bond acceptors (Lipinski definition) is 4. The molecule has 2 rings (SSSR count). The fraction of sp³-hybridized carbons (Fsp3) is 0.571. The van der Waals surface area contributed by atoms with Gasteiger partial charge in [0.05, 0.1) is 16.9 Å². The van der Waals surface area contributed by atoms with Crippen LogP contribution in [0.4, 0.5) is 5.69 Å². The molecule has 104 valence electrons. The molecule has 1 heterocycles. The van der Waals surface area contributed by atoms with Crippen LogP contribution in [0, 0.1) is 0 Å². The van der Waals surface area contributed by atoms with Crippen molar-refractivity contribution in [2.75, 3.05) is 19.0 Å². The Hall–Kier alpha value is -1.20. The van der Waals surface area contributed by atoms with Gasteiger partial charge >= 0.3 is 7.12 Å². The summed E-state index contributed by atoms with van der Waals surface area (Å²) in [5.41, 5.74) is 0.619. The molecule has 0 radical (unpaired) electrons. The van der Waals surface area contributed by atoms with E-state index in [1.807, 2.05) is 64.9 Å². The van der Waals surface area contributed by atoms with Crippen LogP contribution in [0.5, 0.6) is 5.75 Å². The Bertz CT molecular complexity index is 470. The van der Waals surface area contributed by atoms with Gasteiger partial charge in [0.1, 0.15) is 5.75 Å². The fourth-order valence-corrected chi connectivity index (χ4v) is 2.07. The quantitative estimate of drug-likeness (QED) is 0.825. The standard InChI is InChI=1S/C14H22BNO3/c1-13(2)14(3,4)19-15(18-13)10-8-7-9-11(12(10)17)16(5)6/h7-9,17H,1-6H3. The van der Waals surface area contributed by atoms with Crippen molar-refractivity contribution in [3.63, 3.8) is 0 Å². The van der Waals surface area contributed by atoms with E-state index in [0.29, 0.717) is 5.46 Å². The van der Waals surface area contributed by atoms with Gasteiger partial charge in [0, 0.05) is 19.6 Å². The summed E-state index contributed by atoms with van der Waals surface area (Å²) in [6.45, 7) is 8.00. The second-order valence-electron chi connectivity index (χ2n) is 6.20. The molecule has 1 fully saturated rings. The maximum atomic E-state index is 10.4. The molecule has 0 bridgehead atoms. The minimum absolute atomic E-state index is 0.214. The lowest BCUT2D eigenvalue weighted by molar-refractivity contribution is 0.00578. The summed E-state index contributed by atoms with van der Waals surface area (Å²) in [5.74, 6) is 0.214. The van der Waals surface area contributed by atoms with Gasteiger partial charge in [0.15, 0.2) is 0 Å². The second-order valence-corrected chi connectivity index (χ2v) is 6.20. The number of aromatic hydroxyl groups is 1. The highest BCUT2D eigenvalue weighted by atomic mass is 16.7. The van der Waals surface area contributed by atoms with E-state index >= 15 is 0 Å². The van der Waals surface area contributed by atoms with Gasteiger partial charge < -0.3 is 19.3 Å². The molecule has 0 amide bonds. The Labute approximate surface area is 115 Å². The SMILES string of the molecule is CN(C)c1cccc(B2OC(C)(C)C(C)(C)O2)c1O. The van der Waals surface area contributed by atoms with Crippen LogP contribution in [0.25, 0.3) is 0 Å². The van der Waals surface area contributed by atoms with Crippen molar-refractivity contribution >= 4 is 18.3 Å². The van der Waals surface area contributed by atoms with Gasteiger partial charge in [0.25, 0.3) is 0 Å². The van der Waals surface area contributed by atoms with Gasteiger partial charge in [-0.2, -0.15) is 0 Å². The lowest BCUT2D eigenvalue weighted by Gasteiger charge is -2.32. The molecule has 0 atom stereocenters. The molecule has 19 heavy (non-hydrogen) atoms. The third-order valence-corrected chi connectivity index (χ3v) is 4.03. The summed E-state index contributed by atoms with van der Waals surface area (Å²) in [7, 11) is 3.25. The van der Waals surface area contributed by atoms with E-state index in [9.17, 15) is 5.11 Å². The van der Waals surface area contributed by atoms with Crippen LogP contribution in [0.3, 0.4) is 0 Å². The maximum Gasteiger partial charge on any atom is 0.498 e. The van der Waals surface area contributed by atoms with Crippen molar-refractivity contribution in [2.45, 2.75) is 38.9 Å². The number of para-hydroxylation sites is 1. The maximum absolute atomic E-state index is 10.4. The van der Waals surface area contributed by atoms with Crippen LogP contribution in [0.2, 0.25) is 0 Å². The molecule has 1 aromatic rings. The van der Waals surface area contributed by atoms with E-state index in [1.165, 1.54) is 0 Å². The van der Waals surface area contributed by atoms with Crippen molar-refractivity contribution in [3.8, 4) is 5.75 Å². The molecular weight excluding hydrogens is 241 g/mol. The number of hydrogen-bond donors (Lipinski definition) is 1. The Morgan fingerprint density at radius 2 is 1.58 bits per heavy atom. The fourth-order valence-electron chi connectivity index (χ4n) is 2.07. The molecule has 0 aromatic heterocycles. The van der Waals surface area contributed by atoms with Crippen molar-refractivity contribution in [3.05, 3.63) is 18.2 Å². The topological polar surface area (TPSA) is 41.9 Å². The van der Waals surface area contributed by atoms with Crippen LogP contribution in [-0.4, -0.2) is 37.5 Å². The average Bonchev–Trinajstić information content (AvgIpc) is 2.47. The zero-order chi connectivity index (χ0) is 14.4. The zero-order valence-corrected chi connectivity index (χ0v) is 12.5. The summed E-state index contributed by atoms with van der Waals surface area (Å²) in [5, 5.41) is 10.4. The summed E-state index contributed by atoms with van der Waals surface area (Å²) in [6.07, 6.45) is 0. The van der Waals surface area contributed by atoms with Gasteiger partial charge in [-0.25, -0.2) is 0 Å². The third kappa shape index (κ3) is 2.32. The van der Waals surface area contributed by atoms with Crippen molar-refractivity contribution < 1.29 is 14.4 Å². The molecule has 1 aliphatic rings. The number of rotatable bonds is 2. The Morgan fingerprint density at radius 1 is 1.05 bits per heavy atom. The second kappa shape index (κ2) is 4.42. The minimum Gasteiger partial charge on any atom is -0.506 e. The number of phenols is 1. The molecule has 5 heteroatoms. The summed E-state index contributed by atoms with van der Waals surface area (Å²) in [6, 6.07) is 5.60. The molecule has 0 aliphatic carbocycles. The number of phenolic OH excluding ortho intramolecular Hbond substituents is 1. The summed E-state index contributed by atoms with van der Waals surface area (Å²) >= 11 is 0. The lowest BCUT2D eigenvalue weighted by Crippen LogP contribution is -2.41. The van der Waals surface area contributed by atoms with Gasteiger partial charge in [-0.15, -0.1) is 0 Å². The van der Waals surface area contributed by atoms with E-state index in [2.05, 4.69) is 0 Å². The molecule has 0 saturated carbocycles. The van der Waals surface area contributed by atoms with Gasteiger partial charge in [-0.3, -0.25) is 0 Å². The van der Waals surface area contributed by atoms with E-state index in [-0.39, 0.29) is 5.75 Å². The Kier molecular flexibility index (Phi) is 3.31. The monoisotopic (exact) mass is 263 g/mol. The van der Waals surface area contributed by atoms with E-state index in [4.69, 9.17) is 9.31 Å².